The third-order valence-corrected chi connectivity index (χ3v) is 1.80. The smallest absolute Gasteiger partial charge is 0.150 e. The first-order valence-electron chi connectivity index (χ1n) is 3.28. The average molecular weight is 170 g/mol. The Balaban J connectivity index is 2.77. The molecular formula is C7H8ClN3. The van der Waals surface area contributed by atoms with Crippen LogP contribution < -0.4 is 0 Å². The molecule has 1 aromatic heterocycles. The first kappa shape index (κ1) is 8.09. The standard InChI is InChI=1S/C7H8ClN3/c1-11-5-10-7(8)6(11)3-2-4-9/h5H,2-3H2,1H3. The number of halogens is 1. The van der Waals surface area contributed by atoms with E-state index in [2.05, 4.69) is 11.1 Å². The molecule has 58 valence electrons. The number of nitriles is 1. The van der Waals surface area contributed by atoms with Gasteiger partial charge in [-0.1, -0.05) is 11.6 Å². The fourth-order valence-electron chi connectivity index (χ4n) is 0.881. The van der Waals surface area contributed by atoms with Gasteiger partial charge in [-0.15, -0.1) is 0 Å². The number of aromatic nitrogens is 2. The second-order valence-corrected chi connectivity index (χ2v) is 2.61. The predicted octanol–water partition coefficient (Wildman–Crippen LogP) is 1.53. The van der Waals surface area contributed by atoms with Gasteiger partial charge in [-0.25, -0.2) is 4.98 Å². The van der Waals surface area contributed by atoms with Gasteiger partial charge in [0.25, 0.3) is 0 Å². The molecule has 0 amide bonds. The number of rotatable bonds is 2. The largest absolute Gasteiger partial charge is 0.336 e. The monoisotopic (exact) mass is 169 g/mol. The van der Waals surface area contributed by atoms with Gasteiger partial charge in [0.2, 0.25) is 0 Å². The third kappa shape index (κ3) is 1.72. The molecule has 0 aliphatic rings. The van der Waals surface area contributed by atoms with Gasteiger partial charge in [0.1, 0.15) is 5.15 Å². The van der Waals surface area contributed by atoms with Crippen LogP contribution in [0.15, 0.2) is 6.33 Å². The van der Waals surface area contributed by atoms with Crippen molar-refractivity contribution >= 4 is 11.6 Å². The van der Waals surface area contributed by atoms with Crippen LogP contribution in [0.4, 0.5) is 0 Å². The molecule has 0 fully saturated rings. The number of imidazole rings is 1. The fourth-order valence-corrected chi connectivity index (χ4v) is 1.15. The second kappa shape index (κ2) is 3.40. The minimum Gasteiger partial charge on any atom is -0.336 e. The average Bonchev–Trinajstić information content (AvgIpc) is 2.29. The molecule has 0 spiro atoms. The van der Waals surface area contributed by atoms with Crippen LogP contribution in [0.1, 0.15) is 12.1 Å². The van der Waals surface area contributed by atoms with Gasteiger partial charge in [0, 0.05) is 19.9 Å². The summed E-state index contributed by atoms with van der Waals surface area (Å²) < 4.78 is 1.83. The lowest BCUT2D eigenvalue weighted by Crippen LogP contribution is -1.94. The van der Waals surface area contributed by atoms with E-state index in [0.717, 1.165) is 5.69 Å². The highest BCUT2D eigenvalue weighted by Crippen LogP contribution is 2.13. The summed E-state index contributed by atoms with van der Waals surface area (Å²) in [6.45, 7) is 0. The minimum absolute atomic E-state index is 0.485. The van der Waals surface area contributed by atoms with Gasteiger partial charge in [0.05, 0.1) is 18.1 Å². The van der Waals surface area contributed by atoms with Crippen LogP contribution in [0.25, 0.3) is 0 Å². The maximum Gasteiger partial charge on any atom is 0.150 e. The lowest BCUT2D eigenvalue weighted by atomic mass is 10.3. The van der Waals surface area contributed by atoms with Crippen molar-refractivity contribution in [2.75, 3.05) is 0 Å². The molecule has 1 rings (SSSR count). The van der Waals surface area contributed by atoms with Crippen molar-refractivity contribution in [2.24, 2.45) is 7.05 Å². The molecule has 4 heteroatoms. The van der Waals surface area contributed by atoms with E-state index >= 15 is 0 Å². The lowest BCUT2D eigenvalue weighted by Gasteiger charge is -1.97. The molecule has 0 aliphatic carbocycles. The van der Waals surface area contributed by atoms with Crippen molar-refractivity contribution in [3.8, 4) is 6.07 Å². The Kier molecular flexibility index (Phi) is 2.50. The van der Waals surface area contributed by atoms with Gasteiger partial charge >= 0.3 is 0 Å². The van der Waals surface area contributed by atoms with E-state index in [1.165, 1.54) is 0 Å². The van der Waals surface area contributed by atoms with Crippen molar-refractivity contribution in [1.82, 2.24) is 9.55 Å². The van der Waals surface area contributed by atoms with Crippen LogP contribution >= 0.6 is 11.6 Å². The van der Waals surface area contributed by atoms with Crippen molar-refractivity contribution in [3.63, 3.8) is 0 Å². The fraction of sp³-hybridized carbons (Fsp3) is 0.429. The first-order chi connectivity index (χ1) is 5.25. The highest BCUT2D eigenvalue weighted by molar-refractivity contribution is 6.30. The zero-order valence-electron chi connectivity index (χ0n) is 6.21. The van der Waals surface area contributed by atoms with E-state index in [-0.39, 0.29) is 0 Å². The van der Waals surface area contributed by atoms with E-state index in [4.69, 9.17) is 16.9 Å². The minimum atomic E-state index is 0.485. The molecule has 0 N–H and O–H groups in total. The Hall–Kier alpha value is -1.01. The van der Waals surface area contributed by atoms with Crippen LogP contribution in [0.3, 0.4) is 0 Å². The molecule has 3 nitrogen and oxygen atoms in total. The molecule has 1 aromatic rings. The van der Waals surface area contributed by atoms with E-state index in [1.807, 2.05) is 11.6 Å². The Bertz CT molecular complexity index is 265. The van der Waals surface area contributed by atoms with Gasteiger partial charge < -0.3 is 4.57 Å². The Morgan fingerprint density at radius 2 is 2.55 bits per heavy atom. The topological polar surface area (TPSA) is 41.6 Å². The zero-order valence-corrected chi connectivity index (χ0v) is 6.97. The summed E-state index contributed by atoms with van der Waals surface area (Å²) in [7, 11) is 1.87. The highest BCUT2D eigenvalue weighted by atomic mass is 35.5. The maximum absolute atomic E-state index is 8.32. The van der Waals surface area contributed by atoms with Crippen molar-refractivity contribution in [3.05, 3.63) is 17.2 Å². The van der Waals surface area contributed by atoms with Crippen LogP contribution in [0, 0.1) is 11.3 Å². The van der Waals surface area contributed by atoms with Crippen LogP contribution in [-0.2, 0) is 13.5 Å². The summed E-state index contributed by atoms with van der Waals surface area (Å²) in [4.78, 5) is 3.89. The molecule has 0 bridgehead atoms. The highest BCUT2D eigenvalue weighted by Gasteiger charge is 2.04. The lowest BCUT2D eigenvalue weighted by molar-refractivity contribution is 0.811. The number of nitrogens with zero attached hydrogens (tertiary/aromatic N) is 3. The molecular weight excluding hydrogens is 162 g/mol. The normalized spacial score (nSPS) is 9.55. The SMILES string of the molecule is Cn1cnc(Cl)c1CCC#N. The van der Waals surface area contributed by atoms with Crippen LogP contribution in [0.2, 0.25) is 5.15 Å². The molecule has 11 heavy (non-hydrogen) atoms. The van der Waals surface area contributed by atoms with E-state index in [9.17, 15) is 0 Å². The molecule has 0 aliphatic heterocycles. The summed E-state index contributed by atoms with van der Waals surface area (Å²) in [6.07, 6.45) is 2.81. The molecule has 0 atom stereocenters. The Morgan fingerprint density at radius 1 is 1.82 bits per heavy atom. The van der Waals surface area contributed by atoms with Crippen molar-refractivity contribution in [1.29, 1.82) is 5.26 Å². The number of hydrogen-bond donors (Lipinski definition) is 0. The van der Waals surface area contributed by atoms with Gasteiger partial charge in [0.15, 0.2) is 0 Å². The van der Waals surface area contributed by atoms with Gasteiger partial charge in [-0.05, 0) is 0 Å². The van der Waals surface area contributed by atoms with E-state index < -0.39 is 0 Å². The molecule has 0 saturated carbocycles. The third-order valence-electron chi connectivity index (χ3n) is 1.48. The number of hydrogen-bond acceptors (Lipinski definition) is 2. The van der Waals surface area contributed by atoms with Crippen LogP contribution in [-0.4, -0.2) is 9.55 Å². The van der Waals surface area contributed by atoms with Crippen molar-refractivity contribution in [2.45, 2.75) is 12.8 Å². The van der Waals surface area contributed by atoms with E-state index in [1.54, 1.807) is 6.33 Å². The summed E-state index contributed by atoms with van der Waals surface area (Å²) in [5, 5.41) is 8.83. The van der Waals surface area contributed by atoms with Crippen LogP contribution in [0.5, 0.6) is 0 Å². The Labute approximate surface area is 70.2 Å². The molecule has 1 heterocycles. The zero-order chi connectivity index (χ0) is 8.27. The second-order valence-electron chi connectivity index (χ2n) is 2.25. The molecule has 0 saturated heterocycles. The summed E-state index contributed by atoms with van der Waals surface area (Å²) in [5.41, 5.74) is 0.924. The Morgan fingerprint density at radius 3 is 3.00 bits per heavy atom. The van der Waals surface area contributed by atoms with Gasteiger partial charge in [-0.3, -0.25) is 0 Å². The summed E-state index contributed by atoms with van der Waals surface area (Å²) >= 11 is 5.74. The summed E-state index contributed by atoms with van der Waals surface area (Å²) in [5.74, 6) is 0. The molecule has 0 unspecified atom stereocenters. The van der Waals surface area contributed by atoms with Crippen molar-refractivity contribution < 1.29 is 0 Å². The molecule has 0 aromatic carbocycles. The molecule has 0 radical (unpaired) electrons. The maximum atomic E-state index is 8.32. The van der Waals surface area contributed by atoms with E-state index in [0.29, 0.717) is 18.0 Å². The summed E-state index contributed by atoms with van der Waals surface area (Å²) in [6, 6.07) is 2.06. The quantitative estimate of drug-likeness (QED) is 0.674. The van der Waals surface area contributed by atoms with Gasteiger partial charge in [-0.2, -0.15) is 5.26 Å². The first-order valence-corrected chi connectivity index (χ1v) is 3.66. The number of aryl methyl sites for hydroxylation is 1. The predicted molar refractivity (Wildman–Crippen MR) is 42.2 cm³/mol.